The highest BCUT2D eigenvalue weighted by Crippen LogP contribution is 2.05. The number of nitrogens with one attached hydrogen (secondary N) is 1. The number of carbonyl (C=O) groups excluding carboxylic acids is 1. The summed E-state index contributed by atoms with van der Waals surface area (Å²) in [6.07, 6.45) is 1.78. The second-order valence-electron chi connectivity index (χ2n) is 2.17. The van der Waals surface area contributed by atoms with Crippen molar-refractivity contribution in [2.24, 2.45) is 4.99 Å². The monoisotopic (exact) mass is 156 g/mol. The van der Waals surface area contributed by atoms with Gasteiger partial charge in [-0.15, -0.1) is 0 Å². The molecule has 0 aromatic carbocycles. The Hall–Kier alpha value is -0.730. The van der Waals surface area contributed by atoms with Gasteiger partial charge in [0.2, 0.25) is 5.91 Å². The van der Waals surface area contributed by atoms with Gasteiger partial charge in [-0.25, -0.2) is 4.99 Å². The number of rotatable bonds is 1. The van der Waals surface area contributed by atoms with Gasteiger partial charge < -0.3 is 5.32 Å². The number of carbonyl (C=O) groups is 1. The van der Waals surface area contributed by atoms with Crippen LogP contribution in [-0.4, -0.2) is 23.7 Å². The van der Waals surface area contributed by atoms with Gasteiger partial charge >= 0.3 is 0 Å². The number of piperidine rings is 1. The van der Waals surface area contributed by atoms with Crippen LogP contribution in [0.1, 0.15) is 12.8 Å². The van der Waals surface area contributed by atoms with E-state index in [0.29, 0.717) is 0 Å². The van der Waals surface area contributed by atoms with Crippen molar-refractivity contribution in [1.82, 2.24) is 5.32 Å². The maximum atomic E-state index is 10.9. The predicted molar refractivity (Wildman–Crippen MR) is 41.1 cm³/mol. The molecule has 1 atom stereocenters. The molecule has 0 aromatic rings. The highest BCUT2D eigenvalue weighted by molar-refractivity contribution is 7.78. The fraction of sp³-hybridized carbons (Fsp3) is 0.667. The van der Waals surface area contributed by atoms with Crippen molar-refractivity contribution in [1.29, 1.82) is 0 Å². The fourth-order valence-corrected chi connectivity index (χ4v) is 1.07. The average Bonchev–Trinajstić information content (AvgIpc) is 1.94. The Balaban J connectivity index is 2.55. The van der Waals surface area contributed by atoms with Gasteiger partial charge in [-0.05, 0) is 25.1 Å². The van der Waals surface area contributed by atoms with E-state index >= 15 is 0 Å². The first-order valence-electron chi connectivity index (χ1n) is 3.19. The van der Waals surface area contributed by atoms with Crippen LogP contribution in [0, 0.1) is 0 Å². The summed E-state index contributed by atoms with van der Waals surface area (Å²) >= 11 is 4.39. The third-order valence-corrected chi connectivity index (χ3v) is 1.57. The minimum atomic E-state index is -0.272. The van der Waals surface area contributed by atoms with Crippen molar-refractivity contribution in [3.05, 3.63) is 0 Å². The molecule has 1 fully saturated rings. The highest BCUT2D eigenvalue weighted by Gasteiger charge is 2.19. The quantitative estimate of drug-likeness (QED) is 0.440. The summed E-state index contributed by atoms with van der Waals surface area (Å²) in [4.78, 5) is 14.6. The summed E-state index contributed by atoms with van der Waals surface area (Å²) in [5.74, 6) is -0.0244. The zero-order valence-corrected chi connectivity index (χ0v) is 6.28. The van der Waals surface area contributed by atoms with Crippen molar-refractivity contribution in [2.75, 3.05) is 6.54 Å². The zero-order chi connectivity index (χ0) is 7.40. The van der Waals surface area contributed by atoms with Gasteiger partial charge in [0.05, 0.1) is 5.16 Å². The first-order chi connectivity index (χ1) is 4.84. The van der Waals surface area contributed by atoms with Gasteiger partial charge in [-0.2, -0.15) is 0 Å². The molecule has 0 spiro atoms. The lowest BCUT2D eigenvalue weighted by atomic mass is 10.1. The maximum Gasteiger partial charge on any atom is 0.245 e. The van der Waals surface area contributed by atoms with Gasteiger partial charge in [0.15, 0.2) is 0 Å². The number of thiocarbonyl (C=S) groups is 1. The van der Waals surface area contributed by atoms with E-state index in [1.165, 1.54) is 0 Å². The van der Waals surface area contributed by atoms with Gasteiger partial charge in [-0.1, -0.05) is 0 Å². The van der Waals surface area contributed by atoms with Crippen LogP contribution < -0.4 is 5.32 Å². The van der Waals surface area contributed by atoms with Crippen LogP contribution in [0.3, 0.4) is 0 Å². The van der Waals surface area contributed by atoms with Crippen molar-refractivity contribution < 1.29 is 4.79 Å². The van der Waals surface area contributed by atoms with E-state index in [9.17, 15) is 4.79 Å². The molecule has 10 heavy (non-hydrogen) atoms. The molecular formula is C6H8N2OS. The van der Waals surface area contributed by atoms with Crippen molar-refractivity contribution in [3.8, 4) is 0 Å². The number of amides is 1. The lowest BCUT2D eigenvalue weighted by Gasteiger charge is -2.16. The van der Waals surface area contributed by atoms with Gasteiger partial charge in [0.25, 0.3) is 0 Å². The molecule has 1 rings (SSSR count). The Morgan fingerprint density at radius 1 is 1.80 bits per heavy atom. The SMILES string of the molecule is O=C1NCCCC1N=C=S. The molecule has 1 aliphatic rings. The van der Waals surface area contributed by atoms with Gasteiger partial charge in [0.1, 0.15) is 6.04 Å². The second-order valence-corrected chi connectivity index (χ2v) is 2.35. The minimum Gasteiger partial charge on any atom is -0.354 e. The molecule has 0 aromatic heterocycles. The van der Waals surface area contributed by atoms with Gasteiger partial charge in [0, 0.05) is 6.54 Å². The predicted octanol–water partition coefficient (Wildman–Crippen LogP) is 0.368. The second kappa shape index (κ2) is 3.44. The summed E-state index contributed by atoms with van der Waals surface area (Å²) in [5, 5.41) is 4.91. The van der Waals surface area contributed by atoms with Crippen molar-refractivity contribution >= 4 is 23.3 Å². The standard InChI is InChI=1S/C6H8N2OS/c9-6-5(8-4-10)2-1-3-7-6/h5H,1-3H2,(H,7,9). The lowest BCUT2D eigenvalue weighted by Crippen LogP contribution is -2.38. The molecule has 1 unspecified atom stereocenters. The number of hydrogen-bond donors (Lipinski definition) is 1. The Morgan fingerprint density at radius 3 is 3.20 bits per heavy atom. The first kappa shape index (κ1) is 7.38. The van der Waals surface area contributed by atoms with Crippen molar-refractivity contribution in [3.63, 3.8) is 0 Å². The Labute approximate surface area is 64.5 Å². The molecule has 1 amide bonds. The molecule has 0 bridgehead atoms. The molecule has 1 N–H and O–H groups in total. The number of isothiocyanates is 1. The van der Waals surface area contributed by atoms with Crippen LogP contribution in [0.4, 0.5) is 0 Å². The Morgan fingerprint density at radius 2 is 2.60 bits per heavy atom. The molecular weight excluding hydrogens is 148 g/mol. The third-order valence-electron chi connectivity index (χ3n) is 1.46. The van der Waals surface area contributed by atoms with E-state index in [1.807, 2.05) is 0 Å². The van der Waals surface area contributed by atoms with Crippen LogP contribution in [0.15, 0.2) is 4.99 Å². The van der Waals surface area contributed by atoms with Crippen molar-refractivity contribution in [2.45, 2.75) is 18.9 Å². The zero-order valence-electron chi connectivity index (χ0n) is 5.46. The molecule has 0 radical (unpaired) electrons. The topological polar surface area (TPSA) is 41.5 Å². The number of hydrogen-bond acceptors (Lipinski definition) is 3. The molecule has 1 aliphatic heterocycles. The largest absolute Gasteiger partial charge is 0.354 e. The van der Waals surface area contributed by atoms with E-state index < -0.39 is 0 Å². The summed E-state index contributed by atoms with van der Waals surface area (Å²) in [7, 11) is 0. The van der Waals surface area contributed by atoms with Crippen LogP contribution in [-0.2, 0) is 4.79 Å². The van der Waals surface area contributed by atoms with Gasteiger partial charge in [-0.3, -0.25) is 4.79 Å². The summed E-state index contributed by atoms with van der Waals surface area (Å²) < 4.78 is 0. The first-order valence-corrected chi connectivity index (χ1v) is 3.60. The fourth-order valence-electron chi connectivity index (χ4n) is 0.943. The molecule has 1 heterocycles. The minimum absolute atomic E-state index is 0.0244. The third kappa shape index (κ3) is 1.62. The average molecular weight is 156 g/mol. The molecule has 3 nitrogen and oxygen atoms in total. The van der Waals surface area contributed by atoms with Crippen LogP contribution in [0.2, 0.25) is 0 Å². The van der Waals surface area contributed by atoms with E-state index in [1.54, 1.807) is 0 Å². The molecule has 4 heteroatoms. The van der Waals surface area contributed by atoms with Crippen LogP contribution in [0.5, 0.6) is 0 Å². The van der Waals surface area contributed by atoms with E-state index in [-0.39, 0.29) is 11.9 Å². The van der Waals surface area contributed by atoms with E-state index in [4.69, 9.17) is 0 Å². The van der Waals surface area contributed by atoms with Crippen LogP contribution in [0.25, 0.3) is 0 Å². The normalized spacial score (nSPS) is 24.8. The lowest BCUT2D eigenvalue weighted by molar-refractivity contribution is -0.123. The summed E-state index contributed by atoms with van der Waals surface area (Å²) in [6.45, 7) is 0.766. The summed E-state index contributed by atoms with van der Waals surface area (Å²) in [5.41, 5.74) is 0. The van der Waals surface area contributed by atoms with E-state index in [2.05, 4.69) is 27.7 Å². The number of aliphatic imine (C=N–C) groups is 1. The molecule has 0 aliphatic carbocycles. The Bertz CT molecular complexity index is 186. The highest BCUT2D eigenvalue weighted by atomic mass is 32.1. The maximum absolute atomic E-state index is 10.9. The number of nitrogens with zero attached hydrogens (tertiary/aromatic N) is 1. The van der Waals surface area contributed by atoms with E-state index in [0.717, 1.165) is 19.4 Å². The molecule has 0 saturated carbocycles. The van der Waals surface area contributed by atoms with Crippen LogP contribution >= 0.6 is 12.2 Å². The Kier molecular flexibility index (Phi) is 2.54. The smallest absolute Gasteiger partial charge is 0.245 e. The molecule has 1 saturated heterocycles. The molecule has 54 valence electrons. The summed E-state index contributed by atoms with van der Waals surface area (Å²) in [6, 6.07) is -0.272.